The maximum absolute atomic E-state index is 10.3. The van der Waals surface area contributed by atoms with Crippen molar-refractivity contribution in [1.82, 2.24) is 5.32 Å². The van der Waals surface area contributed by atoms with Crippen LogP contribution < -0.4 is 10.1 Å². The highest BCUT2D eigenvalue weighted by molar-refractivity contribution is 5.68. The molecule has 0 amide bonds. The first-order valence-electron chi connectivity index (χ1n) is 5.78. The van der Waals surface area contributed by atoms with E-state index in [1.54, 1.807) is 12.1 Å². The minimum absolute atomic E-state index is 0.301. The summed E-state index contributed by atoms with van der Waals surface area (Å²) in [6.07, 6.45) is 1.10. The van der Waals surface area contributed by atoms with Crippen molar-refractivity contribution in [3.05, 3.63) is 29.8 Å². The van der Waals surface area contributed by atoms with Crippen molar-refractivity contribution in [3.8, 4) is 5.75 Å². The molecule has 4 heteroatoms. The molecule has 0 heterocycles. The Bertz CT molecular complexity index is 348. The topological polar surface area (TPSA) is 58.6 Å². The van der Waals surface area contributed by atoms with Crippen LogP contribution in [-0.4, -0.2) is 23.7 Å². The molecule has 0 aliphatic carbocycles. The second-order valence-electron chi connectivity index (χ2n) is 4.02. The molecule has 17 heavy (non-hydrogen) atoms. The van der Waals surface area contributed by atoms with Crippen molar-refractivity contribution in [2.45, 2.75) is 32.9 Å². The fourth-order valence-electron chi connectivity index (χ4n) is 1.29. The lowest BCUT2D eigenvalue weighted by Gasteiger charge is -2.11. The van der Waals surface area contributed by atoms with Gasteiger partial charge in [0, 0.05) is 12.6 Å². The molecule has 1 aromatic rings. The molecule has 0 bridgehead atoms. The molecule has 0 unspecified atom stereocenters. The van der Waals surface area contributed by atoms with Crippen LogP contribution >= 0.6 is 0 Å². The van der Waals surface area contributed by atoms with Gasteiger partial charge in [-0.05, 0) is 31.0 Å². The van der Waals surface area contributed by atoms with E-state index in [1.165, 1.54) is 0 Å². The molecule has 4 nitrogen and oxygen atoms in total. The van der Waals surface area contributed by atoms with Gasteiger partial charge >= 0.3 is 5.97 Å². The van der Waals surface area contributed by atoms with E-state index in [0.29, 0.717) is 11.8 Å². The minimum Gasteiger partial charge on any atom is -0.482 e. The predicted octanol–water partition coefficient (Wildman–Crippen LogP) is 2.04. The van der Waals surface area contributed by atoms with Gasteiger partial charge in [-0.15, -0.1) is 0 Å². The summed E-state index contributed by atoms with van der Waals surface area (Å²) in [7, 11) is 0. The number of benzene rings is 1. The van der Waals surface area contributed by atoms with E-state index >= 15 is 0 Å². The van der Waals surface area contributed by atoms with Gasteiger partial charge in [0.05, 0.1) is 0 Å². The Morgan fingerprint density at radius 2 is 2.06 bits per heavy atom. The van der Waals surface area contributed by atoms with Gasteiger partial charge in [0.25, 0.3) is 0 Å². The van der Waals surface area contributed by atoms with Crippen LogP contribution in [0.3, 0.4) is 0 Å². The van der Waals surface area contributed by atoms with Gasteiger partial charge < -0.3 is 15.2 Å². The Morgan fingerprint density at radius 1 is 1.41 bits per heavy atom. The van der Waals surface area contributed by atoms with Gasteiger partial charge in [-0.2, -0.15) is 0 Å². The van der Waals surface area contributed by atoms with Crippen LogP contribution in [0.4, 0.5) is 0 Å². The van der Waals surface area contributed by atoms with E-state index in [0.717, 1.165) is 18.5 Å². The molecule has 0 aliphatic heterocycles. The number of nitrogens with one attached hydrogen (secondary N) is 1. The second kappa shape index (κ2) is 6.91. The van der Waals surface area contributed by atoms with Crippen molar-refractivity contribution in [2.75, 3.05) is 6.61 Å². The summed E-state index contributed by atoms with van der Waals surface area (Å²) in [5, 5.41) is 11.9. The predicted molar refractivity (Wildman–Crippen MR) is 66.2 cm³/mol. The zero-order valence-corrected chi connectivity index (χ0v) is 10.3. The van der Waals surface area contributed by atoms with E-state index in [4.69, 9.17) is 9.84 Å². The van der Waals surface area contributed by atoms with Crippen LogP contribution in [0, 0.1) is 0 Å². The van der Waals surface area contributed by atoms with Crippen LogP contribution in [0.25, 0.3) is 0 Å². The van der Waals surface area contributed by atoms with E-state index < -0.39 is 5.97 Å². The largest absolute Gasteiger partial charge is 0.482 e. The smallest absolute Gasteiger partial charge is 0.341 e. The number of ether oxygens (including phenoxy) is 1. The zero-order valence-electron chi connectivity index (χ0n) is 10.3. The molecule has 0 saturated heterocycles. The molecule has 1 aromatic carbocycles. The van der Waals surface area contributed by atoms with Crippen molar-refractivity contribution < 1.29 is 14.6 Å². The fraction of sp³-hybridized carbons (Fsp3) is 0.462. The van der Waals surface area contributed by atoms with Gasteiger partial charge in [-0.3, -0.25) is 0 Å². The first kappa shape index (κ1) is 13.5. The number of carboxylic acids is 1. The maximum Gasteiger partial charge on any atom is 0.341 e. The molecule has 0 saturated carbocycles. The third-order valence-electron chi connectivity index (χ3n) is 2.55. The zero-order chi connectivity index (χ0) is 12.7. The lowest BCUT2D eigenvalue weighted by Crippen LogP contribution is -2.24. The number of carbonyl (C=O) groups is 1. The normalized spacial score (nSPS) is 12.1. The van der Waals surface area contributed by atoms with Crippen LogP contribution in [-0.2, 0) is 11.3 Å². The van der Waals surface area contributed by atoms with E-state index in [1.807, 2.05) is 12.1 Å². The average molecular weight is 237 g/mol. The van der Waals surface area contributed by atoms with Crippen LogP contribution in [0.1, 0.15) is 25.8 Å². The van der Waals surface area contributed by atoms with Crippen molar-refractivity contribution >= 4 is 5.97 Å². The third-order valence-corrected chi connectivity index (χ3v) is 2.55. The van der Waals surface area contributed by atoms with Crippen LogP contribution in [0.15, 0.2) is 24.3 Å². The Morgan fingerprint density at radius 3 is 2.59 bits per heavy atom. The quantitative estimate of drug-likeness (QED) is 0.762. The first-order valence-corrected chi connectivity index (χ1v) is 5.78. The van der Waals surface area contributed by atoms with Crippen molar-refractivity contribution in [2.24, 2.45) is 0 Å². The SMILES string of the molecule is CC[C@H](C)NCc1ccc(OCC(=O)O)cc1. The average Bonchev–Trinajstić information content (AvgIpc) is 2.34. The Hall–Kier alpha value is -1.55. The molecule has 0 spiro atoms. The van der Waals surface area contributed by atoms with Gasteiger partial charge in [-0.1, -0.05) is 19.1 Å². The van der Waals surface area contributed by atoms with Crippen molar-refractivity contribution in [1.29, 1.82) is 0 Å². The number of hydrogen-bond donors (Lipinski definition) is 2. The molecule has 1 rings (SSSR count). The molecule has 0 aliphatic rings. The molecular weight excluding hydrogens is 218 g/mol. The lowest BCUT2D eigenvalue weighted by molar-refractivity contribution is -0.139. The third kappa shape index (κ3) is 5.36. The maximum atomic E-state index is 10.3. The van der Waals surface area contributed by atoms with Crippen molar-refractivity contribution in [3.63, 3.8) is 0 Å². The number of rotatable bonds is 7. The molecule has 0 radical (unpaired) electrons. The number of aliphatic carboxylic acids is 1. The Labute approximate surface area is 102 Å². The summed E-state index contributed by atoms with van der Waals surface area (Å²) in [6, 6.07) is 7.95. The van der Waals surface area contributed by atoms with E-state index in [2.05, 4.69) is 19.2 Å². The Kier molecular flexibility index (Phi) is 5.49. The van der Waals surface area contributed by atoms with Gasteiger partial charge in [0.15, 0.2) is 6.61 Å². The fourth-order valence-corrected chi connectivity index (χ4v) is 1.29. The van der Waals surface area contributed by atoms with Gasteiger partial charge in [0.2, 0.25) is 0 Å². The molecule has 94 valence electrons. The monoisotopic (exact) mass is 237 g/mol. The number of carboxylic acid groups (broad SMARTS) is 1. The van der Waals surface area contributed by atoms with E-state index in [9.17, 15) is 4.79 Å². The summed E-state index contributed by atoms with van der Waals surface area (Å²) >= 11 is 0. The summed E-state index contributed by atoms with van der Waals surface area (Å²) < 4.78 is 5.05. The summed E-state index contributed by atoms with van der Waals surface area (Å²) in [5.74, 6) is -0.382. The minimum atomic E-state index is -0.965. The molecule has 1 atom stereocenters. The highest BCUT2D eigenvalue weighted by atomic mass is 16.5. The molecular formula is C13H19NO3. The second-order valence-corrected chi connectivity index (χ2v) is 4.02. The Balaban J connectivity index is 2.41. The molecule has 2 N–H and O–H groups in total. The number of hydrogen-bond acceptors (Lipinski definition) is 3. The molecule has 0 aromatic heterocycles. The van der Waals surface area contributed by atoms with Crippen LogP contribution in [0.2, 0.25) is 0 Å². The molecule has 0 fully saturated rings. The van der Waals surface area contributed by atoms with Gasteiger partial charge in [-0.25, -0.2) is 4.79 Å². The lowest BCUT2D eigenvalue weighted by atomic mass is 10.2. The summed E-state index contributed by atoms with van der Waals surface area (Å²) in [4.78, 5) is 10.3. The summed E-state index contributed by atoms with van der Waals surface area (Å²) in [5.41, 5.74) is 1.16. The highest BCUT2D eigenvalue weighted by Crippen LogP contribution is 2.12. The standard InChI is InChI=1S/C13H19NO3/c1-3-10(2)14-8-11-4-6-12(7-5-11)17-9-13(15)16/h4-7,10,14H,3,8-9H2,1-2H3,(H,15,16)/t10-/m0/s1. The first-order chi connectivity index (χ1) is 8.11. The van der Waals surface area contributed by atoms with Crippen LogP contribution in [0.5, 0.6) is 5.75 Å². The highest BCUT2D eigenvalue weighted by Gasteiger charge is 2.01. The summed E-state index contributed by atoms with van der Waals surface area (Å²) in [6.45, 7) is 4.80. The van der Waals surface area contributed by atoms with E-state index in [-0.39, 0.29) is 6.61 Å². The van der Waals surface area contributed by atoms with Gasteiger partial charge in [0.1, 0.15) is 5.75 Å².